The van der Waals surface area contributed by atoms with Crippen molar-refractivity contribution in [1.82, 2.24) is 0 Å². The lowest BCUT2D eigenvalue weighted by molar-refractivity contribution is 0.605. The Balaban J connectivity index is 2.67. The molecule has 0 unspecified atom stereocenters. The van der Waals surface area contributed by atoms with Crippen molar-refractivity contribution in [3.05, 3.63) is 52.9 Å². The van der Waals surface area contributed by atoms with Gasteiger partial charge < -0.3 is 0 Å². The van der Waals surface area contributed by atoms with E-state index in [0.29, 0.717) is 0 Å². The first-order valence-corrected chi connectivity index (χ1v) is 5.73. The first kappa shape index (κ1) is 10.6. The average molecular weight is 267 g/mol. The number of aryl methyl sites for hydroxylation is 1. The maximum atomic E-state index is 13.7. The van der Waals surface area contributed by atoms with Crippen LogP contribution < -0.4 is 0 Å². The van der Waals surface area contributed by atoms with E-state index < -0.39 is 0 Å². The second-order valence-corrected chi connectivity index (χ2v) is 4.61. The summed E-state index contributed by atoms with van der Waals surface area (Å²) in [5.74, 6) is -0.0925. The van der Waals surface area contributed by atoms with Gasteiger partial charge in [-0.1, -0.05) is 18.7 Å². The van der Waals surface area contributed by atoms with E-state index in [4.69, 9.17) is 0 Å². The molecule has 0 radical (unpaired) electrons. The van der Waals surface area contributed by atoms with Crippen molar-refractivity contribution in [3.8, 4) is 0 Å². The first-order valence-electron chi connectivity index (χ1n) is 4.94. The topological polar surface area (TPSA) is 0 Å². The molecule has 0 saturated heterocycles. The molecule has 0 spiro atoms. The van der Waals surface area contributed by atoms with Crippen LogP contribution in [0.25, 0.3) is 4.48 Å². The van der Waals surface area contributed by atoms with Gasteiger partial charge in [0.1, 0.15) is 5.82 Å². The van der Waals surface area contributed by atoms with Gasteiger partial charge in [0.2, 0.25) is 0 Å². The first-order chi connectivity index (χ1) is 7.13. The van der Waals surface area contributed by atoms with Crippen molar-refractivity contribution in [1.29, 1.82) is 0 Å². The van der Waals surface area contributed by atoms with E-state index >= 15 is 0 Å². The van der Waals surface area contributed by atoms with Crippen molar-refractivity contribution in [2.45, 2.75) is 19.8 Å². The second-order valence-electron chi connectivity index (χ2n) is 3.82. The number of fused-ring (bicyclic) bond motifs is 1. The molecule has 2 heteroatoms. The van der Waals surface area contributed by atoms with E-state index in [1.165, 1.54) is 0 Å². The quantitative estimate of drug-likeness (QED) is 0.708. The van der Waals surface area contributed by atoms with Crippen molar-refractivity contribution >= 4 is 20.4 Å². The van der Waals surface area contributed by atoms with Gasteiger partial charge in [-0.05, 0) is 64.0 Å². The molecule has 1 aliphatic rings. The fourth-order valence-electron chi connectivity index (χ4n) is 1.96. The molecule has 0 N–H and O–H groups in total. The summed E-state index contributed by atoms with van der Waals surface area (Å²) < 4.78 is 14.7. The highest BCUT2D eigenvalue weighted by Gasteiger charge is 2.18. The van der Waals surface area contributed by atoms with Crippen molar-refractivity contribution in [2.75, 3.05) is 0 Å². The van der Waals surface area contributed by atoms with E-state index in [1.807, 2.05) is 19.1 Å². The van der Waals surface area contributed by atoms with Gasteiger partial charge >= 0.3 is 0 Å². The van der Waals surface area contributed by atoms with Crippen LogP contribution >= 0.6 is 15.9 Å². The third-order valence-corrected chi connectivity index (χ3v) is 3.69. The standard InChI is InChI=1S/C13H12BrF/c1-3-9-4-5-10-11(13(9)14)6-8(2)7-12(10)15/h3,6-7H,1,4-5H2,2H3. The van der Waals surface area contributed by atoms with Crippen LogP contribution in [-0.2, 0) is 6.42 Å². The fourth-order valence-corrected chi connectivity index (χ4v) is 2.67. The molecular weight excluding hydrogens is 255 g/mol. The average Bonchev–Trinajstić information content (AvgIpc) is 2.19. The number of allylic oxidation sites excluding steroid dienone is 2. The van der Waals surface area contributed by atoms with Gasteiger partial charge in [0.15, 0.2) is 0 Å². The Hall–Kier alpha value is -0.890. The highest BCUT2D eigenvalue weighted by atomic mass is 79.9. The van der Waals surface area contributed by atoms with Crippen LogP contribution in [0, 0.1) is 12.7 Å². The SMILES string of the molecule is C=CC1=C(Br)c2cc(C)cc(F)c2CC1. The van der Waals surface area contributed by atoms with Crippen LogP contribution in [0.1, 0.15) is 23.1 Å². The van der Waals surface area contributed by atoms with Crippen molar-refractivity contribution in [2.24, 2.45) is 0 Å². The lowest BCUT2D eigenvalue weighted by Crippen LogP contribution is -2.04. The van der Waals surface area contributed by atoms with Gasteiger partial charge in [-0.15, -0.1) is 0 Å². The molecule has 0 nitrogen and oxygen atoms in total. The zero-order valence-electron chi connectivity index (χ0n) is 8.61. The van der Waals surface area contributed by atoms with Gasteiger partial charge in [0.05, 0.1) is 0 Å². The van der Waals surface area contributed by atoms with E-state index in [9.17, 15) is 4.39 Å². The lowest BCUT2D eigenvalue weighted by atomic mass is 9.90. The summed E-state index contributed by atoms with van der Waals surface area (Å²) in [5, 5.41) is 0. The summed E-state index contributed by atoms with van der Waals surface area (Å²) in [6.45, 7) is 5.68. The maximum absolute atomic E-state index is 13.7. The predicted molar refractivity (Wildman–Crippen MR) is 65.5 cm³/mol. The Bertz CT molecular complexity index is 458. The molecular formula is C13H12BrF. The van der Waals surface area contributed by atoms with Gasteiger partial charge in [-0.2, -0.15) is 0 Å². The lowest BCUT2D eigenvalue weighted by Gasteiger charge is -2.19. The molecule has 0 atom stereocenters. The maximum Gasteiger partial charge on any atom is 0.127 e. The molecule has 0 saturated carbocycles. The van der Waals surface area contributed by atoms with Crippen LogP contribution in [0.3, 0.4) is 0 Å². The molecule has 1 aromatic rings. The minimum atomic E-state index is -0.0925. The van der Waals surface area contributed by atoms with Crippen LogP contribution in [0.5, 0.6) is 0 Å². The fraction of sp³-hybridized carbons (Fsp3) is 0.231. The Labute approximate surface area is 97.6 Å². The van der Waals surface area contributed by atoms with Gasteiger partial charge in [0, 0.05) is 4.48 Å². The molecule has 0 fully saturated rings. The molecule has 0 amide bonds. The summed E-state index contributed by atoms with van der Waals surface area (Å²) in [5.41, 5.74) is 3.91. The Morgan fingerprint density at radius 2 is 2.13 bits per heavy atom. The summed E-state index contributed by atoms with van der Waals surface area (Å²) in [7, 11) is 0. The summed E-state index contributed by atoms with van der Waals surface area (Å²) >= 11 is 3.52. The minimum Gasteiger partial charge on any atom is -0.207 e. The summed E-state index contributed by atoms with van der Waals surface area (Å²) in [6.07, 6.45) is 3.46. The third-order valence-electron chi connectivity index (χ3n) is 2.75. The van der Waals surface area contributed by atoms with Gasteiger partial charge in [-0.25, -0.2) is 4.39 Å². The highest BCUT2D eigenvalue weighted by molar-refractivity contribution is 9.15. The Kier molecular flexibility index (Phi) is 2.79. The third kappa shape index (κ3) is 1.78. The van der Waals surface area contributed by atoms with Crippen LogP contribution in [0.2, 0.25) is 0 Å². The molecule has 1 aromatic carbocycles. The van der Waals surface area contributed by atoms with Gasteiger partial charge in [-0.3, -0.25) is 0 Å². The highest BCUT2D eigenvalue weighted by Crippen LogP contribution is 2.37. The zero-order valence-corrected chi connectivity index (χ0v) is 10.2. The second kappa shape index (κ2) is 3.93. The number of hydrogen-bond donors (Lipinski definition) is 0. The Morgan fingerprint density at radius 1 is 1.40 bits per heavy atom. The molecule has 2 rings (SSSR count). The molecule has 1 aliphatic carbocycles. The van der Waals surface area contributed by atoms with E-state index in [2.05, 4.69) is 22.5 Å². The zero-order chi connectivity index (χ0) is 11.0. The number of benzene rings is 1. The Morgan fingerprint density at radius 3 is 2.80 bits per heavy atom. The van der Waals surface area contributed by atoms with Crippen molar-refractivity contribution in [3.63, 3.8) is 0 Å². The monoisotopic (exact) mass is 266 g/mol. The van der Waals surface area contributed by atoms with Crippen LogP contribution in [0.15, 0.2) is 30.4 Å². The summed E-state index contributed by atoms with van der Waals surface area (Å²) in [6, 6.07) is 3.61. The smallest absolute Gasteiger partial charge is 0.127 e. The molecule has 0 aromatic heterocycles. The number of halogens is 2. The minimum absolute atomic E-state index is 0.0925. The molecule has 0 heterocycles. The predicted octanol–water partition coefficient (Wildman–Crippen LogP) is 4.37. The molecule has 0 bridgehead atoms. The number of hydrogen-bond acceptors (Lipinski definition) is 0. The van der Waals surface area contributed by atoms with E-state index in [0.717, 1.165) is 39.6 Å². The molecule has 0 aliphatic heterocycles. The normalized spacial score (nSPS) is 15.1. The van der Waals surface area contributed by atoms with Gasteiger partial charge in [0.25, 0.3) is 0 Å². The molecule has 78 valence electrons. The number of rotatable bonds is 1. The van der Waals surface area contributed by atoms with E-state index in [-0.39, 0.29) is 5.82 Å². The van der Waals surface area contributed by atoms with Crippen LogP contribution in [0.4, 0.5) is 4.39 Å². The van der Waals surface area contributed by atoms with Crippen LogP contribution in [-0.4, -0.2) is 0 Å². The molecule has 15 heavy (non-hydrogen) atoms. The summed E-state index contributed by atoms with van der Waals surface area (Å²) in [4.78, 5) is 0. The largest absolute Gasteiger partial charge is 0.207 e. The van der Waals surface area contributed by atoms with Crippen molar-refractivity contribution < 1.29 is 4.39 Å². The van der Waals surface area contributed by atoms with E-state index in [1.54, 1.807) is 6.07 Å².